The van der Waals surface area contributed by atoms with E-state index in [9.17, 15) is 9.59 Å². The normalized spacial score (nSPS) is 9.89. The molecule has 19 heavy (non-hydrogen) atoms. The van der Waals surface area contributed by atoms with Gasteiger partial charge in [0.1, 0.15) is 5.75 Å². The highest BCUT2D eigenvalue weighted by Crippen LogP contribution is 2.24. The Morgan fingerprint density at radius 1 is 1.37 bits per heavy atom. The monoisotopic (exact) mass is 284 g/mol. The lowest BCUT2D eigenvalue weighted by Crippen LogP contribution is -2.38. The van der Waals surface area contributed by atoms with Gasteiger partial charge in [-0.15, -0.1) is 0 Å². The predicted molar refractivity (Wildman–Crippen MR) is 73.4 cm³/mol. The number of likely N-dealkylation sites (N-methyl/N-ethyl adjacent to an activating group) is 1. The van der Waals surface area contributed by atoms with Crippen molar-refractivity contribution in [1.29, 1.82) is 0 Å². The average molecular weight is 285 g/mol. The summed E-state index contributed by atoms with van der Waals surface area (Å²) in [5.41, 5.74) is 0.989. The Morgan fingerprint density at radius 3 is 2.68 bits per heavy atom. The number of carbonyl (C=O) groups excluding carboxylic acids is 2. The second kappa shape index (κ2) is 6.99. The second-order valence-corrected chi connectivity index (χ2v) is 4.69. The molecule has 0 saturated heterocycles. The van der Waals surface area contributed by atoms with Crippen LogP contribution in [0, 0.1) is 6.92 Å². The first-order valence-corrected chi connectivity index (χ1v) is 6.13. The van der Waals surface area contributed by atoms with Crippen LogP contribution in [0.15, 0.2) is 18.2 Å². The van der Waals surface area contributed by atoms with Crippen LogP contribution in [0.3, 0.4) is 0 Å². The maximum atomic E-state index is 11.5. The van der Waals surface area contributed by atoms with Crippen molar-refractivity contribution in [2.24, 2.45) is 0 Å². The Hall–Kier alpha value is -1.75. The van der Waals surface area contributed by atoms with Crippen LogP contribution in [0.2, 0.25) is 5.02 Å². The molecule has 0 aliphatic carbocycles. The maximum Gasteiger partial charge on any atom is 0.258 e. The van der Waals surface area contributed by atoms with Gasteiger partial charge >= 0.3 is 0 Å². The molecule has 6 heteroatoms. The second-order valence-electron chi connectivity index (χ2n) is 4.29. The van der Waals surface area contributed by atoms with Gasteiger partial charge < -0.3 is 15.0 Å². The SMILES string of the molecule is Cc1ccc(Cl)c(OCC(=O)NCC(=O)N(C)C)c1. The first-order chi connectivity index (χ1) is 8.90. The standard InChI is InChI=1S/C13H17ClN2O3/c1-9-4-5-10(14)11(6-9)19-8-12(17)15-7-13(18)16(2)3/h4-6H,7-8H2,1-3H3,(H,15,17). The van der Waals surface area contributed by atoms with E-state index in [1.165, 1.54) is 4.90 Å². The molecule has 0 radical (unpaired) electrons. The molecule has 0 unspecified atom stereocenters. The van der Waals surface area contributed by atoms with Crippen LogP contribution in [-0.4, -0.2) is 44.0 Å². The minimum atomic E-state index is -0.368. The number of carbonyl (C=O) groups is 2. The first kappa shape index (κ1) is 15.3. The molecule has 0 atom stereocenters. The number of aryl methyl sites for hydroxylation is 1. The molecule has 1 rings (SSSR count). The fourth-order valence-electron chi connectivity index (χ4n) is 1.25. The van der Waals surface area contributed by atoms with E-state index < -0.39 is 0 Å². The largest absolute Gasteiger partial charge is 0.482 e. The third-order valence-corrected chi connectivity index (χ3v) is 2.69. The van der Waals surface area contributed by atoms with Crippen molar-refractivity contribution >= 4 is 23.4 Å². The fourth-order valence-corrected chi connectivity index (χ4v) is 1.42. The van der Waals surface area contributed by atoms with Crippen molar-refractivity contribution in [3.05, 3.63) is 28.8 Å². The molecule has 0 bridgehead atoms. The van der Waals surface area contributed by atoms with Crippen molar-refractivity contribution < 1.29 is 14.3 Å². The van der Waals surface area contributed by atoms with Gasteiger partial charge in [-0.05, 0) is 24.6 Å². The molecule has 2 amide bonds. The summed E-state index contributed by atoms with van der Waals surface area (Å²) in [6.07, 6.45) is 0. The lowest BCUT2D eigenvalue weighted by atomic mass is 10.2. The van der Waals surface area contributed by atoms with Crippen LogP contribution in [0.25, 0.3) is 0 Å². The zero-order valence-corrected chi connectivity index (χ0v) is 12.0. The van der Waals surface area contributed by atoms with Crippen LogP contribution in [0.4, 0.5) is 0 Å². The van der Waals surface area contributed by atoms with Crippen molar-refractivity contribution in [2.45, 2.75) is 6.92 Å². The van der Waals surface area contributed by atoms with Crippen LogP contribution in [0.1, 0.15) is 5.56 Å². The zero-order valence-electron chi connectivity index (χ0n) is 11.2. The summed E-state index contributed by atoms with van der Waals surface area (Å²) in [7, 11) is 3.25. The molecule has 104 valence electrons. The van der Waals surface area contributed by atoms with Gasteiger partial charge in [0.25, 0.3) is 5.91 Å². The van der Waals surface area contributed by atoms with Gasteiger partial charge in [-0.2, -0.15) is 0 Å². The molecule has 0 heterocycles. The molecule has 0 spiro atoms. The Morgan fingerprint density at radius 2 is 2.05 bits per heavy atom. The minimum absolute atomic E-state index is 0.0449. The van der Waals surface area contributed by atoms with E-state index in [1.54, 1.807) is 26.2 Å². The number of benzene rings is 1. The van der Waals surface area contributed by atoms with Gasteiger partial charge in [-0.3, -0.25) is 9.59 Å². The lowest BCUT2D eigenvalue weighted by Gasteiger charge is -2.12. The summed E-state index contributed by atoms with van der Waals surface area (Å²) in [5, 5.41) is 2.92. The summed E-state index contributed by atoms with van der Waals surface area (Å²) in [4.78, 5) is 24.2. The number of amides is 2. The number of hydrogen-bond donors (Lipinski definition) is 1. The number of rotatable bonds is 5. The van der Waals surface area contributed by atoms with Crippen LogP contribution in [-0.2, 0) is 9.59 Å². The van der Waals surface area contributed by atoms with Crippen molar-refractivity contribution in [3.63, 3.8) is 0 Å². The Bertz CT molecular complexity index is 475. The number of nitrogens with zero attached hydrogens (tertiary/aromatic N) is 1. The Labute approximate surface area is 117 Å². The van der Waals surface area contributed by atoms with E-state index in [0.29, 0.717) is 10.8 Å². The summed E-state index contributed by atoms with van der Waals surface area (Å²) in [5.74, 6) is -0.0922. The molecular formula is C13H17ClN2O3. The molecule has 0 aromatic heterocycles. The van der Waals surface area contributed by atoms with E-state index in [1.807, 2.05) is 13.0 Å². The van der Waals surface area contributed by atoms with Crippen molar-refractivity contribution in [3.8, 4) is 5.75 Å². The molecule has 0 saturated carbocycles. The minimum Gasteiger partial charge on any atom is -0.482 e. The van der Waals surface area contributed by atoms with Gasteiger partial charge in [-0.1, -0.05) is 17.7 Å². The molecule has 1 aromatic carbocycles. The van der Waals surface area contributed by atoms with Gasteiger partial charge in [0.2, 0.25) is 5.91 Å². The van der Waals surface area contributed by atoms with Crippen LogP contribution < -0.4 is 10.1 Å². The molecule has 0 aliphatic rings. The Balaban J connectivity index is 2.42. The highest BCUT2D eigenvalue weighted by Gasteiger charge is 2.09. The maximum absolute atomic E-state index is 11.5. The van der Waals surface area contributed by atoms with Gasteiger partial charge in [-0.25, -0.2) is 0 Å². The van der Waals surface area contributed by atoms with Crippen LogP contribution >= 0.6 is 11.6 Å². The van der Waals surface area contributed by atoms with Crippen molar-refractivity contribution in [2.75, 3.05) is 27.2 Å². The van der Waals surface area contributed by atoms with Gasteiger partial charge in [0, 0.05) is 14.1 Å². The quantitative estimate of drug-likeness (QED) is 0.885. The number of halogens is 1. The summed E-state index contributed by atoms with van der Waals surface area (Å²) < 4.78 is 5.30. The molecular weight excluding hydrogens is 268 g/mol. The van der Waals surface area contributed by atoms with Gasteiger partial charge in [0.05, 0.1) is 11.6 Å². The van der Waals surface area contributed by atoms with Crippen molar-refractivity contribution in [1.82, 2.24) is 10.2 Å². The van der Waals surface area contributed by atoms with E-state index >= 15 is 0 Å². The third-order valence-electron chi connectivity index (χ3n) is 2.38. The molecule has 0 fully saturated rings. The van der Waals surface area contributed by atoms with E-state index in [0.717, 1.165) is 5.56 Å². The molecule has 5 nitrogen and oxygen atoms in total. The Kier molecular flexibility index (Phi) is 5.63. The smallest absolute Gasteiger partial charge is 0.258 e. The first-order valence-electron chi connectivity index (χ1n) is 5.76. The number of hydrogen-bond acceptors (Lipinski definition) is 3. The fraction of sp³-hybridized carbons (Fsp3) is 0.385. The molecule has 0 aliphatic heterocycles. The third kappa shape index (κ3) is 5.18. The molecule has 1 aromatic rings. The van der Waals surface area contributed by atoms with Crippen LogP contribution in [0.5, 0.6) is 5.75 Å². The molecule has 1 N–H and O–H groups in total. The van der Waals surface area contributed by atoms with E-state index in [4.69, 9.17) is 16.3 Å². The predicted octanol–water partition coefficient (Wildman–Crippen LogP) is 1.23. The number of ether oxygens (including phenoxy) is 1. The highest BCUT2D eigenvalue weighted by molar-refractivity contribution is 6.32. The zero-order chi connectivity index (χ0) is 14.4. The lowest BCUT2D eigenvalue weighted by molar-refractivity contribution is -0.131. The van der Waals surface area contributed by atoms with E-state index in [2.05, 4.69) is 5.32 Å². The number of nitrogens with one attached hydrogen (secondary N) is 1. The summed E-state index contributed by atoms with van der Waals surface area (Å²) in [6, 6.07) is 5.31. The topological polar surface area (TPSA) is 58.6 Å². The summed E-state index contributed by atoms with van der Waals surface area (Å²) in [6.45, 7) is 1.68. The van der Waals surface area contributed by atoms with E-state index in [-0.39, 0.29) is 25.0 Å². The van der Waals surface area contributed by atoms with Gasteiger partial charge in [0.15, 0.2) is 6.61 Å². The highest BCUT2D eigenvalue weighted by atomic mass is 35.5. The summed E-state index contributed by atoms with van der Waals surface area (Å²) >= 11 is 5.93. The average Bonchev–Trinajstić information content (AvgIpc) is 2.36.